The van der Waals surface area contributed by atoms with Crippen molar-refractivity contribution in [3.05, 3.63) is 53.2 Å². The maximum absolute atomic E-state index is 5.82. The topological polar surface area (TPSA) is 69.4 Å². The van der Waals surface area contributed by atoms with E-state index >= 15 is 0 Å². The van der Waals surface area contributed by atoms with Gasteiger partial charge in [-0.15, -0.1) is 21.5 Å². The van der Waals surface area contributed by atoms with Crippen LogP contribution in [0.25, 0.3) is 27.4 Å². The average Bonchev–Trinajstić information content (AvgIpc) is 3.38. The second kappa shape index (κ2) is 6.00. The molecular formula is C18H14N4O2S2. The van der Waals surface area contributed by atoms with E-state index in [0.29, 0.717) is 11.6 Å². The van der Waals surface area contributed by atoms with E-state index in [-0.39, 0.29) is 0 Å². The summed E-state index contributed by atoms with van der Waals surface area (Å²) < 4.78 is 13.4. The first-order valence-electron chi connectivity index (χ1n) is 8.05. The molecule has 0 spiro atoms. The highest BCUT2D eigenvalue weighted by atomic mass is 32.2. The summed E-state index contributed by atoms with van der Waals surface area (Å²) in [7, 11) is 0. The van der Waals surface area contributed by atoms with Crippen molar-refractivity contribution >= 4 is 39.7 Å². The van der Waals surface area contributed by atoms with Gasteiger partial charge in [-0.05, 0) is 25.3 Å². The van der Waals surface area contributed by atoms with Gasteiger partial charge in [0.05, 0.1) is 27.9 Å². The molecule has 0 saturated carbocycles. The van der Waals surface area contributed by atoms with E-state index in [2.05, 4.69) is 19.6 Å². The first-order chi connectivity index (χ1) is 12.7. The molecule has 5 aromatic heterocycles. The van der Waals surface area contributed by atoms with E-state index in [9.17, 15) is 0 Å². The van der Waals surface area contributed by atoms with Crippen molar-refractivity contribution < 1.29 is 8.83 Å². The van der Waals surface area contributed by atoms with E-state index in [4.69, 9.17) is 8.83 Å². The number of oxazole rings is 1. The number of aryl methyl sites for hydroxylation is 2. The van der Waals surface area contributed by atoms with Crippen molar-refractivity contribution in [2.75, 3.05) is 0 Å². The number of furan rings is 1. The zero-order valence-electron chi connectivity index (χ0n) is 14.1. The Hall–Kier alpha value is -2.58. The molecule has 0 N–H and O–H groups in total. The molecule has 5 rings (SSSR count). The summed E-state index contributed by atoms with van der Waals surface area (Å²) in [6.07, 6.45) is 1.69. The van der Waals surface area contributed by atoms with Crippen molar-refractivity contribution in [2.45, 2.75) is 24.6 Å². The van der Waals surface area contributed by atoms with Crippen molar-refractivity contribution in [1.29, 1.82) is 0 Å². The molecule has 0 atom stereocenters. The number of hydrogen-bond donors (Lipinski definition) is 0. The third-order valence-electron chi connectivity index (χ3n) is 4.22. The average molecular weight is 382 g/mol. The molecular weight excluding hydrogens is 368 g/mol. The number of nitrogens with zero attached hydrogens (tertiary/aromatic N) is 4. The molecule has 0 saturated heterocycles. The SMILES string of the molecule is Cc1oc(-c2cccs2)nc1CSc1nnc(C)n2c1cc1occc12. The van der Waals surface area contributed by atoms with Crippen LogP contribution in [0, 0.1) is 13.8 Å². The second-order valence-electron chi connectivity index (χ2n) is 5.88. The Morgan fingerprint density at radius 2 is 2.12 bits per heavy atom. The van der Waals surface area contributed by atoms with Crippen LogP contribution in [0.1, 0.15) is 17.3 Å². The van der Waals surface area contributed by atoms with Crippen LogP contribution in [-0.2, 0) is 5.75 Å². The van der Waals surface area contributed by atoms with E-state index < -0.39 is 0 Å². The van der Waals surface area contributed by atoms with Crippen LogP contribution in [0.15, 0.2) is 49.8 Å². The second-order valence-corrected chi connectivity index (χ2v) is 7.79. The normalized spacial score (nSPS) is 11.8. The maximum Gasteiger partial charge on any atom is 0.236 e. The lowest BCUT2D eigenvalue weighted by Crippen LogP contribution is -2.00. The molecule has 5 heterocycles. The lowest BCUT2D eigenvalue weighted by atomic mass is 10.4. The van der Waals surface area contributed by atoms with E-state index in [1.165, 1.54) is 0 Å². The van der Waals surface area contributed by atoms with Crippen LogP contribution < -0.4 is 0 Å². The Kier molecular flexibility index (Phi) is 3.61. The van der Waals surface area contributed by atoms with Gasteiger partial charge in [-0.25, -0.2) is 4.98 Å². The van der Waals surface area contributed by atoms with Crippen molar-refractivity contribution in [3.8, 4) is 10.8 Å². The van der Waals surface area contributed by atoms with Crippen LogP contribution >= 0.6 is 23.1 Å². The van der Waals surface area contributed by atoms with Gasteiger partial charge in [-0.2, -0.15) is 0 Å². The van der Waals surface area contributed by atoms with E-state index in [0.717, 1.165) is 43.8 Å². The minimum absolute atomic E-state index is 0.667. The summed E-state index contributed by atoms with van der Waals surface area (Å²) in [6.45, 7) is 3.89. The highest BCUT2D eigenvalue weighted by molar-refractivity contribution is 7.98. The molecule has 0 unspecified atom stereocenters. The van der Waals surface area contributed by atoms with Crippen LogP contribution in [0.4, 0.5) is 0 Å². The maximum atomic E-state index is 5.82. The lowest BCUT2D eigenvalue weighted by molar-refractivity contribution is 0.542. The fourth-order valence-electron chi connectivity index (χ4n) is 2.95. The Bertz CT molecular complexity index is 1220. The van der Waals surface area contributed by atoms with E-state index in [1.807, 2.05) is 43.5 Å². The summed E-state index contributed by atoms with van der Waals surface area (Å²) in [5, 5.41) is 11.5. The van der Waals surface area contributed by atoms with Gasteiger partial charge >= 0.3 is 0 Å². The number of fused-ring (bicyclic) bond motifs is 3. The van der Waals surface area contributed by atoms with Gasteiger partial charge in [0.15, 0.2) is 5.58 Å². The molecule has 8 heteroatoms. The Labute approximate surface area is 156 Å². The Morgan fingerprint density at radius 1 is 1.19 bits per heavy atom. The van der Waals surface area contributed by atoms with E-state index in [1.54, 1.807) is 29.4 Å². The monoisotopic (exact) mass is 382 g/mol. The first-order valence-corrected chi connectivity index (χ1v) is 9.92. The summed E-state index contributed by atoms with van der Waals surface area (Å²) >= 11 is 3.22. The smallest absolute Gasteiger partial charge is 0.236 e. The molecule has 0 radical (unpaired) electrons. The molecule has 26 heavy (non-hydrogen) atoms. The molecule has 0 amide bonds. The molecule has 0 aliphatic rings. The summed E-state index contributed by atoms with van der Waals surface area (Å²) in [5.41, 5.74) is 3.76. The molecule has 0 aliphatic carbocycles. The molecule has 130 valence electrons. The van der Waals surface area contributed by atoms with Crippen LogP contribution in [0.2, 0.25) is 0 Å². The summed E-state index contributed by atoms with van der Waals surface area (Å²) in [5.74, 6) is 3.01. The van der Waals surface area contributed by atoms with Crippen molar-refractivity contribution in [1.82, 2.24) is 19.6 Å². The standard InChI is InChI=1S/C18H14N4O2S2/c1-10-12(19-17(24-10)16-4-3-7-25-16)9-26-18-14-8-15-13(5-6-23-15)22(14)11(2)20-21-18/h3-8H,9H2,1-2H3. The minimum atomic E-state index is 0.667. The van der Waals surface area contributed by atoms with Gasteiger partial charge in [0.2, 0.25) is 5.89 Å². The lowest BCUT2D eigenvalue weighted by Gasteiger charge is -2.04. The van der Waals surface area contributed by atoms with Crippen LogP contribution in [0.3, 0.4) is 0 Å². The van der Waals surface area contributed by atoms with Crippen LogP contribution in [-0.4, -0.2) is 19.6 Å². The van der Waals surface area contributed by atoms with Crippen molar-refractivity contribution in [3.63, 3.8) is 0 Å². The quantitative estimate of drug-likeness (QED) is 0.403. The van der Waals surface area contributed by atoms with Gasteiger partial charge in [-0.3, -0.25) is 4.40 Å². The number of aromatic nitrogens is 4. The number of rotatable bonds is 4. The molecule has 0 aromatic carbocycles. The van der Waals surface area contributed by atoms with Gasteiger partial charge in [0, 0.05) is 17.9 Å². The van der Waals surface area contributed by atoms with Gasteiger partial charge in [0.25, 0.3) is 0 Å². The molecule has 0 bridgehead atoms. The first kappa shape index (κ1) is 15.7. The zero-order valence-corrected chi connectivity index (χ0v) is 15.7. The largest absolute Gasteiger partial charge is 0.463 e. The molecule has 0 fully saturated rings. The number of thiophene rings is 1. The Morgan fingerprint density at radius 3 is 2.96 bits per heavy atom. The third kappa shape index (κ3) is 2.45. The van der Waals surface area contributed by atoms with Gasteiger partial charge in [0.1, 0.15) is 16.6 Å². The van der Waals surface area contributed by atoms with Gasteiger partial charge < -0.3 is 8.83 Å². The predicted octanol–water partition coefficient (Wildman–Crippen LogP) is 5.10. The third-order valence-corrected chi connectivity index (χ3v) is 6.06. The minimum Gasteiger partial charge on any atom is -0.463 e. The number of hydrogen-bond acceptors (Lipinski definition) is 7. The Balaban J connectivity index is 1.48. The van der Waals surface area contributed by atoms with Crippen molar-refractivity contribution in [2.24, 2.45) is 0 Å². The zero-order chi connectivity index (χ0) is 17.7. The van der Waals surface area contributed by atoms with Crippen LogP contribution in [0.5, 0.6) is 0 Å². The fourth-order valence-corrected chi connectivity index (χ4v) is 4.54. The highest BCUT2D eigenvalue weighted by Crippen LogP contribution is 2.32. The van der Waals surface area contributed by atoms with Gasteiger partial charge in [-0.1, -0.05) is 17.8 Å². The predicted molar refractivity (Wildman–Crippen MR) is 102 cm³/mol. The molecule has 0 aliphatic heterocycles. The fraction of sp³-hybridized carbons (Fsp3) is 0.167. The summed E-state index contributed by atoms with van der Waals surface area (Å²) in [6, 6.07) is 7.96. The molecule has 5 aromatic rings. The molecule has 6 nitrogen and oxygen atoms in total. The number of thioether (sulfide) groups is 1. The summed E-state index contributed by atoms with van der Waals surface area (Å²) in [4.78, 5) is 5.68. The highest BCUT2D eigenvalue weighted by Gasteiger charge is 2.16.